The van der Waals surface area contributed by atoms with Crippen LogP contribution in [0.5, 0.6) is 0 Å². The molecule has 6 heteroatoms. The predicted molar refractivity (Wildman–Crippen MR) is 98.2 cm³/mol. The van der Waals surface area contributed by atoms with E-state index in [0.717, 1.165) is 0 Å². The Morgan fingerprint density at radius 3 is 2.19 bits per heavy atom. The summed E-state index contributed by atoms with van der Waals surface area (Å²) in [6.45, 7) is 0. The SMILES string of the molecule is O=C(O)c1ccccc1C(=Nc1cccc([N+](=O)[O-])c1)c1ccccc1. The van der Waals surface area contributed by atoms with E-state index >= 15 is 0 Å². The van der Waals surface area contributed by atoms with Crippen LogP contribution in [0.4, 0.5) is 11.4 Å². The minimum absolute atomic E-state index is 0.0785. The number of aliphatic imine (C=N–C) groups is 1. The van der Waals surface area contributed by atoms with E-state index in [9.17, 15) is 20.0 Å². The highest BCUT2D eigenvalue weighted by Gasteiger charge is 2.16. The number of hydrogen-bond acceptors (Lipinski definition) is 4. The average Bonchev–Trinajstić information content (AvgIpc) is 2.67. The molecular formula is C20H14N2O4. The molecule has 0 saturated heterocycles. The van der Waals surface area contributed by atoms with Crippen molar-refractivity contribution in [1.82, 2.24) is 0 Å². The number of rotatable bonds is 5. The van der Waals surface area contributed by atoms with Gasteiger partial charge in [-0.05, 0) is 12.1 Å². The lowest BCUT2D eigenvalue weighted by Gasteiger charge is -2.10. The second kappa shape index (κ2) is 7.40. The summed E-state index contributed by atoms with van der Waals surface area (Å²) in [5.74, 6) is -1.07. The van der Waals surface area contributed by atoms with Gasteiger partial charge in [0.25, 0.3) is 5.69 Å². The van der Waals surface area contributed by atoms with Crippen molar-refractivity contribution in [2.75, 3.05) is 0 Å². The van der Waals surface area contributed by atoms with Crippen LogP contribution >= 0.6 is 0 Å². The van der Waals surface area contributed by atoms with Crippen molar-refractivity contribution in [3.63, 3.8) is 0 Å². The van der Waals surface area contributed by atoms with Crippen LogP contribution in [-0.2, 0) is 0 Å². The summed E-state index contributed by atoms with van der Waals surface area (Å²) in [5.41, 5.74) is 2.00. The fourth-order valence-corrected chi connectivity index (χ4v) is 2.56. The minimum atomic E-state index is -1.07. The van der Waals surface area contributed by atoms with Crippen LogP contribution in [-0.4, -0.2) is 21.7 Å². The Kier molecular flexibility index (Phi) is 4.85. The molecule has 1 N–H and O–H groups in total. The molecule has 0 spiro atoms. The first-order chi connectivity index (χ1) is 12.6. The highest BCUT2D eigenvalue weighted by atomic mass is 16.6. The molecule has 128 valence electrons. The van der Waals surface area contributed by atoms with Gasteiger partial charge in [-0.2, -0.15) is 0 Å². The molecule has 3 aromatic carbocycles. The first-order valence-corrected chi connectivity index (χ1v) is 7.77. The quantitative estimate of drug-likeness (QED) is 0.419. The Balaban J connectivity index is 2.22. The maximum atomic E-state index is 11.6. The average molecular weight is 346 g/mol. The summed E-state index contributed by atoms with van der Waals surface area (Å²) in [6.07, 6.45) is 0. The predicted octanol–water partition coefficient (Wildman–Crippen LogP) is 4.46. The third kappa shape index (κ3) is 3.64. The molecule has 0 aliphatic rings. The lowest BCUT2D eigenvalue weighted by molar-refractivity contribution is -0.384. The first-order valence-electron chi connectivity index (χ1n) is 7.77. The fourth-order valence-electron chi connectivity index (χ4n) is 2.56. The van der Waals surface area contributed by atoms with Gasteiger partial charge < -0.3 is 5.11 Å². The van der Waals surface area contributed by atoms with Gasteiger partial charge in [0, 0.05) is 23.3 Å². The molecule has 3 aromatic rings. The number of hydrogen-bond donors (Lipinski definition) is 1. The number of nitro benzene ring substituents is 1. The van der Waals surface area contributed by atoms with Gasteiger partial charge in [0.15, 0.2) is 0 Å². The summed E-state index contributed by atoms with van der Waals surface area (Å²) >= 11 is 0. The molecule has 0 saturated carbocycles. The number of carbonyl (C=O) groups is 1. The Hall–Kier alpha value is -3.80. The summed E-state index contributed by atoms with van der Waals surface area (Å²) in [5, 5.41) is 20.5. The van der Waals surface area contributed by atoms with Gasteiger partial charge in [-0.25, -0.2) is 9.79 Å². The van der Waals surface area contributed by atoms with Crippen LogP contribution in [0.15, 0.2) is 83.9 Å². The molecule has 0 aliphatic carbocycles. The molecule has 0 atom stereocenters. The number of aromatic carboxylic acids is 1. The Bertz CT molecular complexity index is 997. The maximum absolute atomic E-state index is 11.6. The van der Waals surface area contributed by atoms with Crippen molar-refractivity contribution < 1.29 is 14.8 Å². The summed E-state index contributed by atoms with van der Waals surface area (Å²) in [4.78, 5) is 26.7. The van der Waals surface area contributed by atoms with Crippen molar-refractivity contribution in [2.24, 2.45) is 4.99 Å². The summed E-state index contributed by atoms with van der Waals surface area (Å²) in [6, 6.07) is 21.6. The van der Waals surface area contributed by atoms with E-state index in [1.165, 1.54) is 18.2 Å². The minimum Gasteiger partial charge on any atom is -0.478 e. The first kappa shape index (κ1) is 17.0. The molecule has 0 amide bonds. The van der Waals surface area contributed by atoms with Gasteiger partial charge in [0.1, 0.15) is 0 Å². The van der Waals surface area contributed by atoms with E-state index in [-0.39, 0.29) is 11.3 Å². The highest BCUT2D eigenvalue weighted by Crippen LogP contribution is 2.24. The molecule has 0 aromatic heterocycles. The van der Waals surface area contributed by atoms with E-state index in [0.29, 0.717) is 22.5 Å². The van der Waals surface area contributed by atoms with Crippen molar-refractivity contribution in [1.29, 1.82) is 0 Å². The maximum Gasteiger partial charge on any atom is 0.336 e. The van der Waals surface area contributed by atoms with E-state index in [1.807, 2.05) is 30.3 Å². The van der Waals surface area contributed by atoms with E-state index in [1.54, 1.807) is 30.3 Å². The van der Waals surface area contributed by atoms with Crippen LogP contribution in [0.2, 0.25) is 0 Å². The second-order valence-corrected chi connectivity index (χ2v) is 5.45. The summed E-state index contributed by atoms with van der Waals surface area (Å²) < 4.78 is 0. The van der Waals surface area contributed by atoms with Crippen LogP contribution in [0.1, 0.15) is 21.5 Å². The molecule has 26 heavy (non-hydrogen) atoms. The molecule has 0 fully saturated rings. The highest BCUT2D eigenvalue weighted by molar-refractivity contribution is 6.18. The van der Waals surface area contributed by atoms with E-state index in [4.69, 9.17) is 0 Å². The number of benzene rings is 3. The smallest absolute Gasteiger partial charge is 0.336 e. The molecular weight excluding hydrogens is 332 g/mol. The molecule has 0 radical (unpaired) electrons. The van der Waals surface area contributed by atoms with Crippen molar-refractivity contribution in [3.8, 4) is 0 Å². The van der Waals surface area contributed by atoms with Crippen LogP contribution in [0, 0.1) is 10.1 Å². The molecule has 3 rings (SSSR count). The molecule has 6 nitrogen and oxygen atoms in total. The van der Waals surface area contributed by atoms with Gasteiger partial charge in [0.05, 0.1) is 21.9 Å². The molecule has 0 heterocycles. The van der Waals surface area contributed by atoms with Crippen LogP contribution < -0.4 is 0 Å². The van der Waals surface area contributed by atoms with Gasteiger partial charge in [-0.3, -0.25) is 10.1 Å². The monoisotopic (exact) mass is 346 g/mol. The van der Waals surface area contributed by atoms with E-state index < -0.39 is 10.9 Å². The van der Waals surface area contributed by atoms with Gasteiger partial charge in [-0.15, -0.1) is 0 Å². The number of nitro groups is 1. The number of carboxylic acids is 1. The third-order valence-corrected chi connectivity index (χ3v) is 3.74. The van der Waals surface area contributed by atoms with Gasteiger partial charge in [0.2, 0.25) is 0 Å². The van der Waals surface area contributed by atoms with E-state index in [2.05, 4.69) is 4.99 Å². The Morgan fingerprint density at radius 1 is 0.885 bits per heavy atom. The van der Waals surface area contributed by atoms with Crippen LogP contribution in [0.3, 0.4) is 0 Å². The molecule has 0 unspecified atom stereocenters. The zero-order valence-electron chi connectivity index (χ0n) is 13.6. The number of non-ortho nitro benzene ring substituents is 1. The molecule has 0 bridgehead atoms. The van der Waals surface area contributed by atoms with Gasteiger partial charge >= 0.3 is 5.97 Å². The largest absolute Gasteiger partial charge is 0.478 e. The zero-order valence-corrected chi connectivity index (χ0v) is 13.6. The number of nitrogens with zero attached hydrogens (tertiary/aromatic N) is 2. The fraction of sp³-hybridized carbons (Fsp3) is 0. The molecule has 0 aliphatic heterocycles. The second-order valence-electron chi connectivity index (χ2n) is 5.45. The van der Waals surface area contributed by atoms with Crippen molar-refractivity contribution in [2.45, 2.75) is 0 Å². The Labute approximate surface area is 149 Å². The number of carboxylic acid groups (broad SMARTS) is 1. The Morgan fingerprint density at radius 2 is 1.54 bits per heavy atom. The van der Waals surface area contributed by atoms with Crippen molar-refractivity contribution in [3.05, 3.63) is 106 Å². The lowest BCUT2D eigenvalue weighted by Crippen LogP contribution is -2.10. The zero-order chi connectivity index (χ0) is 18.5. The van der Waals surface area contributed by atoms with Crippen molar-refractivity contribution >= 4 is 23.1 Å². The lowest BCUT2D eigenvalue weighted by atomic mass is 9.97. The third-order valence-electron chi connectivity index (χ3n) is 3.74. The standard InChI is InChI=1S/C20H14N2O4/c23-20(24)18-12-5-4-11-17(18)19(14-7-2-1-3-8-14)21-15-9-6-10-16(13-15)22(25)26/h1-13H,(H,23,24). The van der Waals surface area contributed by atoms with Crippen LogP contribution in [0.25, 0.3) is 0 Å². The van der Waals surface area contributed by atoms with Gasteiger partial charge in [-0.1, -0.05) is 54.6 Å². The normalized spacial score (nSPS) is 11.2. The topological polar surface area (TPSA) is 92.8 Å². The summed E-state index contributed by atoms with van der Waals surface area (Å²) in [7, 11) is 0.